The molecular formula is C14H29N3O2. The highest BCUT2D eigenvalue weighted by molar-refractivity contribution is 5.73. The van der Waals surface area contributed by atoms with Crippen molar-refractivity contribution in [2.45, 2.75) is 38.7 Å². The average molecular weight is 271 g/mol. The molecule has 2 amide bonds. The van der Waals surface area contributed by atoms with Crippen LogP contribution in [-0.4, -0.2) is 67.3 Å². The van der Waals surface area contributed by atoms with E-state index in [1.165, 1.54) is 25.9 Å². The Morgan fingerprint density at radius 3 is 2.68 bits per heavy atom. The second-order valence-corrected chi connectivity index (χ2v) is 5.83. The highest BCUT2D eigenvalue weighted by Gasteiger charge is 2.16. The number of amides is 2. The zero-order valence-corrected chi connectivity index (χ0v) is 12.6. The lowest BCUT2D eigenvalue weighted by atomic mass is 9.94. The molecule has 112 valence electrons. The fourth-order valence-corrected chi connectivity index (χ4v) is 2.35. The molecule has 0 aromatic heterocycles. The number of piperidine rings is 1. The van der Waals surface area contributed by atoms with Crippen LogP contribution in [0.3, 0.4) is 0 Å². The summed E-state index contributed by atoms with van der Waals surface area (Å²) in [5, 5.41) is 12.1. The maximum atomic E-state index is 11.8. The minimum absolute atomic E-state index is 0.0337. The van der Waals surface area contributed by atoms with Gasteiger partial charge in [-0.15, -0.1) is 0 Å². The van der Waals surface area contributed by atoms with Crippen molar-refractivity contribution in [3.63, 3.8) is 0 Å². The first-order chi connectivity index (χ1) is 8.99. The number of urea groups is 1. The summed E-state index contributed by atoms with van der Waals surface area (Å²) in [6, 6.07) is -0.0337. The van der Waals surface area contributed by atoms with E-state index < -0.39 is 0 Å². The molecule has 1 unspecified atom stereocenters. The lowest BCUT2D eigenvalue weighted by Crippen LogP contribution is -2.40. The van der Waals surface area contributed by atoms with Gasteiger partial charge in [0.05, 0.1) is 6.10 Å². The Kier molecular flexibility index (Phi) is 7.16. The lowest BCUT2D eigenvalue weighted by Gasteiger charge is -2.29. The van der Waals surface area contributed by atoms with Crippen LogP contribution < -0.4 is 5.32 Å². The van der Waals surface area contributed by atoms with Gasteiger partial charge in [0, 0.05) is 20.1 Å². The zero-order chi connectivity index (χ0) is 14.3. The normalized spacial score (nSPS) is 19.2. The first kappa shape index (κ1) is 16.2. The monoisotopic (exact) mass is 271 g/mol. The topological polar surface area (TPSA) is 55.8 Å². The van der Waals surface area contributed by atoms with E-state index in [0.717, 1.165) is 18.9 Å². The molecule has 0 spiro atoms. The van der Waals surface area contributed by atoms with Gasteiger partial charge in [0.15, 0.2) is 0 Å². The summed E-state index contributed by atoms with van der Waals surface area (Å²) in [6.07, 6.45) is 3.83. The summed E-state index contributed by atoms with van der Waals surface area (Å²) < 4.78 is 0. The number of carbonyl (C=O) groups is 1. The third-order valence-electron chi connectivity index (χ3n) is 3.90. The van der Waals surface area contributed by atoms with Crippen LogP contribution in [0.2, 0.25) is 0 Å². The summed E-state index contributed by atoms with van der Waals surface area (Å²) in [4.78, 5) is 15.8. The second-order valence-electron chi connectivity index (χ2n) is 5.83. The lowest BCUT2D eigenvalue weighted by molar-refractivity contribution is 0.162. The molecular weight excluding hydrogens is 242 g/mol. The smallest absolute Gasteiger partial charge is 0.317 e. The molecule has 1 saturated heterocycles. The number of likely N-dealkylation sites (tertiary alicyclic amines) is 1. The van der Waals surface area contributed by atoms with Crippen molar-refractivity contribution in [3.05, 3.63) is 0 Å². The Bertz CT molecular complexity index is 263. The number of nitrogens with one attached hydrogen (secondary N) is 1. The van der Waals surface area contributed by atoms with E-state index in [1.54, 1.807) is 18.9 Å². The van der Waals surface area contributed by atoms with Crippen molar-refractivity contribution in [2.75, 3.05) is 40.3 Å². The zero-order valence-electron chi connectivity index (χ0n) is 12.6. The fourth-order valence-electron chi connectivity index (χ4n) is 2.35. The van der Waals surface area contributed by atoms with Crippen LogP contribution in [0.4, 0.5) is 4.79 Å². The molecule has 1 atom stereocenters. The van der Waals surface area contributed by atoms with Crippen molar-refractivity contribution in [1.29, 1.82) is 0 Å². The van der Waals surface area contributed by atoms with Gasteiger partial charge < -0.3 is 20.2 Å². The molecule has 0 aromatic carbocycles. The standard InChI is InChI=1S/C14H29N3O2/c1-12(18)5-11-17(3)14(19)15-8-4-13-6-9-16(2)10-7-13/h12-13,18H,4-11H2,1-3H3,(H,15,19). The van der Waals surface area contributed by atoms with Crippen LogP contribution in [-0.2, 0) is 0 Å². The van der Waals surface area contributed by atoms with E-state index >= 15 is 0 Å². The first-order valence-corrected chi connectivity index (χ1v) is 7.34. The van der Waals surface area contributed by atoms with Crippen LogP contribution in [0.5, 0.6) is 0 Å². The SMILES string of the molecule is CC(O)CCN(C)C(=O)NCCC1CCN(C)CC1. The minimum atomic E-state index is -0.352. The number of aliphatic hydroxyl groups is 1. The van der Waals surface area contributed by atoms with E-state index in [9.17, 15) is 9.90 Å². The molecule has 0 bridgehead atoms. The molecule has 0 saturated carbocycles. The fraction of sp³-hybridized carbons (Fsp3) is 0.929. The molecule has 0 radical (unpaired) electrons. The Hall–Kier alpha value is -0.810. The average Bonchev–Trinajstić information content (AvgIpc) is 2.38. The van der Waals surface area contributed by atoms with Gasteiger partial charge in [0.1, 0.15) is 0 Å². The van der Waals surface area contributed by atoms with E-state index in [1.807, 2.05) is 0 Å². The van der Waals surface area contributed by atoms with Crippen LogP contribution >= 0.6 is 0 Å². The summed E-state index contributed by atoms with van der Waals surface area (Å²) in [7, 11) is 3.93. The second kappa shape index (κ2) is 8.38. The van der Waals surface area contributed by atoms with Gasteiger partial charge in [-0.3, -0.25) is 0 Å². The molecule has 5 nitrogen and oxygen atoms in total. The number of hydrogen-bond donors (Lipinski definition) is 2. The molecule has 2 N–H and O–H groups in total. The summed E-state index contributed by atoms with van der Waals surface area (Å²) >= 11 is 0. The van der Waals surface area contributed by atoms with Crippen LogP contribution in [0.15, 0.2) is 0 Å². The van der Waals surface area contributed by atoms with Gasteiger partial charge in [0.25, 0.3) is 0 Å². The number of nitrogens with zero attached hydrogens (tertiary/aromatic N) is 2. The number of rotatable bonds is 6. The van der Waals surface area contributed by atoms with Crippen molar-refractivity contribution in [3.8, 4) is 0 Å². The molecule has 0 aromatic rings. The minimum Gasteiger partial charge on any atom is -0.393 e. The summed E-state index contributed by atoms with van der Waals surface area (Å²) in [6.45, 7) is 5.44. The number of aliphatic hydroxyl groups excluding tert-OH is 1. The van der Waals surface area contributed by atoms with E-state index in [4.69, 9.17) is 0 Å². The summed E-state index contributed by atoms with van der Waals surface area (Å²) in [5.74, 6) is 0.749. The molecule has 1 aliphatic rings. The van der Waals surface area contributed by atoms with Gasteiger partial charge in [-0.05, 0) is 58.7 Å². The first-order valence-electron chi connectivity index (χ1n) is 7.34. The van der Waals surface area contributed by atoms with Gasteiger partial charge in [-0.2, -0.15) is 0 Å². The van der Waals surface area contributed by atoms with Crippen molar-refractivity contribution < 1.29 is 9.90 Å². The van der Waals surface area contributed by atoms with E-state index in [0.29, 0.717) is 13.0 Å². The van der Waals surface area contributed by atoms with Gasteiger partial charge in [-0.25, -0.2) is 4.79 Å². The van der Waals surface area contributed by atoms with Gasteiger partial charge in [-0.1, -0.05) is 0 Å². The van der Waals surface area contributed by atoms with E-state index in [2.05, 4.69) is 17.3 Å². The van der Waals surface area contributed by atoms with Crippen LogP contribution in [0.1, 0.15) is 32.6 Å². The molecule has 1 fully saturated rings. The van der Waals surface area contributed by atoms with Crippen LogP contribution in [0, 0.1) is 5.92 Å². The number of hydrogen-bond acceptors (Lipinski definition) is 3. The van der Waals surface area contributed by atoms with Crippen molar-refractivity contribution >= 4 is 6.03 Å². The third-order valence-corrected chi connectivity index (χ3v) is 3.90. The molecule has 1 aliphatic heterocycles. The summed E-state index contributed by atoms with van der Waals surface area (Å²) in [5.41, 5.74) is 0. The van der Waals surface area contributed by atoms with Gasteiger partial charge in [0.2, 0.25) is 0 Å². The molecule has 1 rings (SSSR count). The van der Waals surface area contributed by atoms with Crippen molar-refractivity contribution in [2.24, 2.45) is 5.92 Å². The predicted octanol–water partition coefficient (Wildman–Crippen LogP) is 1.13. The molecule has 5 heteroatoms. The van der Waals surface area contributed by atoms with E-state index in [-0.39, 0.29) is 12.1 Å². The molecule has 19 heavy (non-hydrogen) atoms. The molecule has 1 heterocycles. The third kappa shape index (κ3) is 6.78. The van der Waals surface area contributed by atoms with Crippen molar-refractivity contribution in [1.82, 2.24) is 15.1 Å². The Morgan fingerprint density at radius 1 is 1.47 bits per heavy atom. The highest BCUT2D eigenvalue weighted by atomic mass is 16.3. The maximum absolute atomic E-state index is 11.8. The largest absolute Gasteiger partial charge is 0.393 e. The Balaban J connectivity index is 2.09. The number of carbonyl (C=O) groups excluding carboxylic acids is 1. The molecule has 0 aliphatic carbocycles. The Morgan fingerprint density at radius 2 is 2.11 bits per heavy atom. The van der Waals surface area contributed by atoms with Gasteiger partial charge >= 0.3 is 6.03 Å². The maximum Gasteiger partial charge on any atom is 0.317 e. The quantitative estimate of drug-likeness (QED) is 0.761. The van der Waals surface area contributed by atoms with Crippen LogP contribution in [0.25, 0.3) is 0 Å². The Labute approximate surface area is 117 Å². The highest BCUT2D eigenvalue weighted by Crippen LogP contribution is 2.18. The predicted molar refractivity (Wildman–Crippen MR) is 77.2 cm³/mol.